The summed E-state index contributed by atoms with van der Waals surface area (Å²) in [6.45, 7) is 1.21. The first-order valence-electron chi connectivity index (χ1n) is 6.80. The van der Waals surface area contributed by atoms with E-state index in [9.17, 15) is 20.1 Å². The molecule has 1 aliphatic rings. The van der Waals surface area contributed by atoms with Crippen molar-refractivity contribution in [3.63, 3.8) is 0 Å². The lowest BCUT2D eigenvalue weighted by Gasteiger charge is -2.21. The third kappa shape index (κ3) is 2.59. The predicted molar refractivity (Wildman–Crippen MR) is 75.5 cm³/mol. The molecule has 1 fully saturated rings. The number of ether oxygens (including phenoxy) is 1. The molecule has 0 saturated carbocycles. The number of carbonyl (C=O) groups excluding carboxylic acids is 1. The Balaban J connectivity index is 1.91. The van der Waals surface area contributed by atoms with E-state index in [4.69, 9.17) is 10.5 Å². The normalized spacial score (nSPS) is 28.9. The average molecular weight is 324 g/mol. The molecule has 11 nitrogen and oxygen atoms in total. The van der Waals surface area contributed by atoms with Crippen molar-refractivity contribution < 1.29 is 24.9 Å². The Labute approximate surface area is 129 Å². The van der Waals surface area contributed by atoms with Gasteiger partial charge in [-0.05, 0) is 0 Å². The van der Waals surface area contributed by atoms with Gasteiger partial charge < -0.3 is 31.1 Å². The lowest BCUT2D eigenvalue weighted by Crippen LogP contribution is -2.48. The van der Waals surface area contributed by atoms with E-state index in [1.54, 1.807) is 0 Å². The molecule has 1 unspecified atom stereocenters. The molecular weight excluding hydrogens is 308 g/mol. The number of anilines is 1. The molecule has 124 valence electrons. The van der Waals surface area contributed by atoms with Crippen LogP contribution in [0.4, 0.5) is 5.82 Å². The van der Waals surface area contributed by atoms with Crippen molar-refractivity contribution >= 4 is 22.9 Å². The second-order valence-corrected chi connectivity index (χ2v) is 5.20. The van der Waals surface area contributed by atoms with Crippen LogP contribution in [0.5, 0.6) is 0 Å². The van der Waals surface area contributed by atoms with Gasteiger partial charge in [-0.1, -0.05) is 0 Å². The number of nitrogens with two attached hydrogens (primary N) is 1. The van der Waals surface area contributed by atoms with Crippen LogP contribution in [-0.2, 0) is 9.53 Å². The summed E-state index contributed by atoms with van der Waals surface area (Å²) in [6, 6.07) is 0. The maximum Gasteiger partial charge on any atom is 0.218 e. The van der Waals surface area contributed by atoms with Gasteiger partial charge in [0, 0.05) is 6.92 Å². The summed E-state index contributed by atoms with van der Waals surface area (Å²) in [4.78, 5) is 22.9. The van der Waals surface area contributed by atoms with Gasteiger partial charge in [0.25, 0.3) is 0 Å². The summed E-state index contributed by atoms with van der Waals surface area (Å²) in [6.07, 6.45) is -3.96. The van der Waals surface area contributed by atoms with Crippen molar-refractivity contribution in [2.75, 3.05) is 5.73 Å². The fraction of sp³-hybridized carbons (Fsp3) is 0.500. The zero-order valence-corrected chi connectivity index (χ0v) is 12.1. The van der Waals surface area contributed by atoms with Gasteiger partial charge in [0.15, 0.2) is 23.9 Å². The Morgan fingerprint density at radius 3 is 2.83 bits per heavy atom. The standard InChI is InChI=1S/C12H16N6O5/c1-4(19)17-11(22)8-6(20)7(21)12(23-8)18-3-16-5-9(13)14-2-15-10(5)18/h2-3,6-8,11-12,20-22H,1H3,(H,17,19)(H2,13,14,15)/t6-,7+,8-,11?,12+/m0/s1. The van der Waals surface area contributed by atoms with Crippen molar-refractivity contribution in [1.82, 2.24) is 24.8 Å². The molecule has 0 radical (unpaired) electrons. The van der Waals surface area contributed by atoms with Crippen LogP contribution in [0.2, 0.25) is 0 Å². The lowest BCUT2D eigenvalue weighted by molar-refractivity contribution is -0.130. The number of aliphatic hydroxyl groups is 3. The zero-order chi connectivity index (χ0) is 16.7. The third-order valence-corrected chi connectivity index (χ3v) is 3.60. The van der Waals surface area contributed by atoms with Gasteiger partial charge in [0.2, 0.25) is 5.91 Å². The van der Waals surface area contributed by atoms with Crippen molar-refractivity contribution in [3.05, 3.63) is 12.7 Å². The predicted octanol–water partition coefficient (Wildman–Crippen LogP) is -2.52. The summed E-state index contributed by atoms with van der Waals surface area (Å²) in [5, 5.41) is 32.3. The number of rotatable bonds is 3. The Kier molecular flexibility index (Phi) is 3.85. The third-order valence-electron chi connectivity index (χ3n) is 3.60. The first-order valence-corrected chi connectivity index (χ1v) is 6.80. The quantitative estimate of drug-likeness (QED) is 0.382. The Hall–Kier alpha value is -2.34. The summed E-state index contributed by atoms with van der Waals surface area (Å²) in [5.74, 6) is -0.337. The van der Waals surface area contributed by atoms with Crippen LogP contribution in [0.15, 0.2) is 12.7 Å². The molecule has 0 aliphatic carbocycles. The molecule has 0 aromatic carbocycles. The maximum absolute atomic E-state index is 11.0. The highest BCUT2D eigenvalue weighted by molar-refractivity contribution is 5.81. The van der Waals surface area contributed by atoms with Crippen LogP contribution >= 0.6 is 0 Å². The van der Waals surface area contributed by atoms with Gasteiger partial charge in [0.1, 0.15) is 30.2 Å². The van der Waals surface area contributed by atoms with E-state index in [1.807, 2.05) is 0 Å². The Morgan fingerprint density at radius 2 is 2.13 bits per heavy atom. The minimum absolute atomic E-state index is 0.164. The van der Waals surface area contributed by atoms with Crippen molar-refractivity contribution in [2.45, 2.75) is 37.7 Å². The van der Waals surface area contributed by atoms with Crippen LogP contribution in [-0.4, -0.2) is 65.3 Å². The highest BCUT2D eigenvalue weighted by Crippen LogP contribution is 2.32. The van der Waals surface area contributed by atoms with Crippen LogP contribution in [0.25, 0.3) is 11.2 Å². The first kappa shape index (κ1) is 15.6. The molecule has 0 spiro atoms. The first-order chi connectivity index (χ1) is 10.9. The topological polar surface area (TPSA) is 169 Å². The van der Waals surface area contributed by atoms with Gasteiger partial charge in [0.05, 0.1) is 6.33 Å². The van der Waals surface area contributed by atoms with E-state index < -0.39 is 36.7 Å². The maximum atomic E-state index is 11.0. The molecule has 1 aliphatic heterocycles. The molecule has 0 bridgehead atoms. The van der Waals surface area contributed by atoms with Crippen LogP contribution < -0.4 is 11.1 Å². The number of hydrogen-bond donors (Lipinski definition) is 5. The number of nitrogen functional groups attached to an aromatic ring is 1. The Bertz CT molecular complexity index is 736. The van der Waals surface area contributed by atoms with Gasteiger partial charge in [-0.25, -0.2) is 15.0 Å². The number of imidazole rings is 1. The van der Waals surface area contributed by atoms with Crippen molar-refractivity contribution in [2.24, 2.45) is 0 Å². The highest BCUT2D eigenvalue weighted by atomic mass is 16.6. The fourth-order valence-electron chi connectivity index (χ4n) is 2.52. The number of amides is 1. The largest absolute Gasteiger partial charge is 0.387 e. The van der Waals surface area contributed by atoms with E-state index in [2.05, 4.69) is 20.3 Å². The summed E-state index contributed by atoms with van der Waals surface area (Å²) in [5.41, 5.74) is 6.32. The van der Waals surface area contributed by atoms with Crippen LogP contribution in [0, 0.1) is 0 Å². The van der Waals surface area contributed by atoms with E-state index in [0.29, 0.717) is 11.2 Å². The van der Waals surface area contributed by atoms with E-state index in [1.165, 1.54) is 24.1 Å². The molecule has 11 heteroatoms. The molecule has 5 atom stereocenters. The summed E-state index contributed by atoms with van der Waals surface area (Å²) < 4.78 is 6.87. The number of carbonyl (C=O) groups is 1. The fourth-order valence-corrected chi connectivity index (χ4v) is 2.52. The molecule has 3 heterocycles. The van der Waals surface area contributed by atoms with E-state index >= 15 is 0 Å². The zero-order valence-electron chi connectivity index (χ0n) is 12.1. The smallest absolute Gasteiger partial charge is 0.218 e. The highest BCUT2D eigenvalue weighted by Gasteiger charge is 2.47. The van der Waals surface area contributed by atoms with Gasteiger partial charge in [-0.3, -0.25) is 9.36 Å². The molecule has 1 saturated heterocycles. The van der Waals surface area contributed by atoms with Gasteiger partial charge >= 0.3 is 0 Å². The number of nitrogens with one attached hydrogen (secondary N) is 1. The second-order valence-electron chi connectivity index (χ2n) is 5.20. The minimum Gasteiger partial charge on any atom is -0.387 e. The average Bonchev–Trinajstić information content (AvgIpc) is 3.02. The molecule has 1 amide bonds. The van der Waals surface area contributed by atoms with Gasteiger partial charge in [-0.2, -0.15) is 0 Å². The molecule has 2 aromatic rings. The number of nitrogens with zero attached hydrogens (tertiary/aromatic N) is 4. The van der Waals surface area contributed by atoms with Crippen molar-refractivity contribution in [1.29, 1.82) is 0 Å². The summed E-state index contributed by atoms with van der Waals surface area (Å²) >= 11 is 0. The molecule has 2 aromatic heterocycles. The number of aliphatic hydroxyl groups excluding tert-OH is 3. The Morgan fingerprint density at radius 1 is 1.39 bits per heavy atom. The molecular formula is C12H16N6O5. The molecule has 23 heavy (non-hydrogen) atoms. The van der Waals surface area contributed by atoms with Crippen molar-refractivity contribution in [3.8, 4) is 0 Å². The van der Waals surface area contributed by atoms with E-state index in [-0.39, 0.29) is 5.82 Å². The van der Waals surface area contributed by atoms with Crippen LogP contribution in [0.3, 0.4) is 0 Å². The SMILES string of the molecule is CC(=O)NC(O)[C@H]1O[C@@H](n2cnc3c(N)ncnc32)[C@H](O)[C@@H]1O. The molecule has 6 N–H and O–H groups in total. The second kappa shape index (κ2) is 5.70. The summed E-state index contributed by atoms with van der Waals surface area (Å²) in [7, 11) is 0. The van der Waals surface area contributed by atoms with Gasteiger partial charge in [-0.15, -0.1) is 0 Å². The minimum atomic E-state index is -1.48. The number of aromatic nitrogens is 4. The van der Waals surface area contributed by atoms with E-state index in [0.717, 1.165) is 0 Å². The van der Waals surface area contributed by atoms with Crippen LogP contribution in [0.1, 0.15) is 13.2 Å². The molecule has 3 rings (SSSR count). The number of fused-ring (bicyclic) bond motifs is 1. The number of hydrogen-bond acceptors (Lipinski definition) is 9. The lowest BCUT2D eigenvalue weighted by atomic mass is 10.1. The monoisotopic (exact) mass is 324 g/mol.